The van der Waals surface area contributed by atoms with Crippen LogP contribution in [0.2, 0.25) is 0 Å². The van der Waals surface area contributed by atoms with Crippen molar-refractivity contribution in [3.05, 3.63) is 94.9 Å². The number of pyridine rings is 1. The minimum atomic E-state index is -4.79. The van der Waals surface area contributed by atoms with E-state index in [4.69, 9.17) is 0 Å². The molecule has 0 aliphatic carbocycles. The number of carbonyl (C=O) groups is 2. The summed E-state index contributed by atoms with van der Waals surface area (Å²) >= 11 is 0.737. The molecule has 2 fully saturated rings. The standard InChI is InChI=1S/C32H31F4N7O2S/c33-24-8-4-5-9-25(24)40-30(45)43-17-14-23(19-43)38-26-11-10-22(18-37-26)39-29(44)27-28(32(34,35)36)41-31(46-27)42-15-12-21(13-16-42)20-6-2-1-3-7-20/h1-11,18,21,23H,12-17,19H2,(H,37,38)(H,39,44)(H,40,45)/t23-/m1/s1. The molecule has 240 valence electrons. The number of para-hydroxylation sites is 1. The second-order valence-electron chi connectivity index (χ2n) is 11.2. The maximum atomic E-state index is 13.9. The molecule has 3 amide bonds. The zero-order valence-electron chi connectivity index (χ0n) is 24.6. The maximum absolute atomic E-state index is 13.9. The van der Waals surface area contributed by atoms with Gasteiger partial charge in [-0.25, -0.2) is 19.2 Å². The molecular weight excluding hydrogens is 622 g/mol. The van der Waals surface area contributed by atoms with Crippen molar-refractivity contribution in [1.82, 2.24) is 14.9 Å². The number of likely N-dealkylation sites (tertiary alicyclic amines) is 1. The van der Waals surface area contributed by atoms with Gasteiger partial charge in [0.05, 0.1) is 17.6 Å². The number of amides is 3. The normalized spacial score (nSPS) is 17.2. The van der Waals surface area contributed by atoms with Crippen LogP contribution in [0.4, 0.5) is 44.7 Å². The van der Waals surface area contributed by atoms with Gasteiger partial charge in [-0.2, -0.15) is 13.2 Å². The number of benzene rings is 2. The highest BCUT2D eigenvalue weighted by atomic mass is 32.1. The molecule has 0 unspecified atom stereocenters. The number of nitrogens with zero attached hydrogens (tertiary/aromatic N) is 4. The van der Waals surface area contributed by atoms with E-state index in [0.717, 1.165) is 24.2 Å². The summed E-state index contributed by atoms with van der Waals surface area (Å²) in [5, 5.41) is 8.47. The van der Waals surface area contributed by atoms with Crippen LogP contribution in [0, 0.1) is 5.82 Å². The zero-order chi connectivity index (χ0) is 32.3. The highest BCUT2D eigenvalue weighted by Crippen LogP contribution is 2.39. The number of rotatable bonds is 7. The third-order valence-electron chi connectivity index (χ3n) is 8.09. The average Bonchev–Trinajstić information content (AvgIpc) is 3.72. The van der Waals surface area contributed by atoms with Gasteiger partial charge < -0.3 is 25.8 Å². The first kappa shape index (κ1) is 31.3. The van der Waals surface area contributed by atoms with Crippen LogP contribution in [0.5, 0.6) is 0 Å². The summed E-state index contributed by atoms with van der Waals surface area (Å²) in [6.07, 6.45) is -1.27. The van der Waals surface area contributed by atoms with E-state index in [2.05, 4.69) is 38.1 Å². The van der Waals surface area contributed by atoms with Gasteiger partial charge in [0.1, 0.15) is 16.5 Å². The number of anilines is 4. The van der Waals surface area contributed by atoms with Crippen LogP contribution in [0.1, 0.15) is 46.1 Å². The molecule has 2 saturated heterocycles. The molecule has 2 aliphatic heterocycles. The van der Waals surface area contributed by atoms with Crippen molar-refractivity contribution in [3.63, 3.8) is 0 Å². The van der Waals surface area contributed by atoms with Crippen molar-refractivity contribution in [2.45, 2.75) is 37.4 Å². The molecule has 4 heterocycles. The van der Waals surface area contributed by atoms with Crippen LogP contribution in [-0.2, 0) is 6.18 Å². The van der Waals surface area contributed by atoms with Gasteiger partial charge in [-0.1, -0.05) is 53.8 Å². The van der Waals surface area contributed by atoms with Crippen molar-refractivity contribution >= 4 is 45.6 Å². The molecule has 2 aromatic carbocycles. The van der Waals surface area contributed by atoms with Gasteiger partial charge >= 0.3 is 12.2 Å². The molecule has 46 heavy (non-hydrogen) atoms. The summed E-state index contributed by atoms with van der Waals surface area (Å²) < 4.78 is 55.7. The third-order valence-corrected chi connectivity index (χ3v) is 9.21. The highest BCUT2D eigenvalue weighted by molar-refractivity contribution is 7.17. The second kappa shape index (κ2) is 13.3. The first-order valence-electron chi connectivity index (χ1n) is 14.9. The minimum Gasteiger partial charge on any atom is -0.365 e. The Morgan fingerprint density at radius 2 is 1.63 bits per heavy atom. The minimum absolute atomic E-state index is 0.101. The summed E-state index contributed by atoms with van der Waals surface area (Å²) in [6.45, 7) is 1.89. The van der Waals surface area contributed by atoms with E-state index in [1.807, 2.05) is 23.1 Å². The summed E-state index contributed by atoms with van der Waals surface area (Å²) in [4.78, 5) is 36.6. The number of piperidine rings is 1. The number of hydrogen-bond donors (Lipinski definition) is 3. The Morgan fingerprint density at radius 1 is 0.891 bits per heavy atom. The van der Waals surface area contributed by atoms with Gasteiger partial charge in [0.2, 0.25) is 0 Å². The number of halogens is 4. The van der Waals surface area contributed by atoms with Crippen molar-refractivity contribution in [2.75, 3.05) is 47.0 Å². The number of aromatic nitrogens is 2. The molecule has 14 heteroatoms. The van der Waals surface area contributed by atoms with Gasteiger partial charge in [0, 0.05) is 32.2 Å². The number of urea groups is 1. The predicted octanol–water partition coefficient (Wildman–Crippen LogP) is 7.05. The zero-order valence-corrected chi connectivity index (χ0v) is 25.4. The number of hydrogen-bond acceptors (Lipinski definition) is 7. The molecule has 1 atom stereocenters. The largest absolute Gasteiger partial charge is 0.435 e. The molecule has 6 rings (SSSR count). The second-order valence-corrected chi connectivity index (χ2v) is 12.2. The summed E-state index contributed by atoms with van der Waals surface area (Å²) in [5.74, 6) is -0.643. The van der Waals surface area contributed by atoms with Crippen LogP contribution in [0.15, 0.2) is 72.9 Å². The van der Waals surface area contributed by atoms with Crippen LogP contribution < -0.4 is 20.9 Å². The molecule has 0 spiro atoms. The van der Waals surface area contributed by atoms with E-state index in [1.54, 1.807) is 17.0 Å². The van der Waals surface area contributed by atoms with Crippen molar-refractivity contribution in [2.24, 2.45) is 0 Å². The molecule has 2 aromatic heterocycles. The monoisotopic (exact) mass is 653 g/mol. The molecule has 3 N–H and O–H groups in total. The Balaban J connectivity index is 1.05. The maximum Gasteiger partial charge on any atom is 0.435 e. The van der Waals surface area contributed by atoms with Gasteiger partial charge in [-0.05, 0) is 55.0 Å². The Hall–Kier alpha value is -4.72. The van der Waals surface area contributed by atoms with Crippen LogP contribution >= 0.6 is 11.3 Å². The van der Waals surface area contributed by atoms with E-state index in [-0.39, 0.29) is 22.5 Å². The van der Waals surface area contributed by atoms with E-state index in [1.165, 1.54) is 36.0 Å². The van der Waals surface area contributed by atoms with Gasteiger partial charge in [0.15, 0.2) is 10.8 Å². The summed E-state index contributed by atoms with van der Waals surface area (Å²) in [6, 6.07) is 18.5. The number of nitrogens with one attached hydrogen (secondary N) is 3. The van der Waals surface area contributed by atoms with Crippen molar-refractivity contribution < 1.29 is 27.2 Å². The molecular formula is C32H31F4N7O2S. The van der Waals surface area contributed by atoms with E-state index in [0.29, 0.717) is 44.3 Å². The number of thiazole rings is 1. The fourth-order valence-corrected chi connectivity index (χ4v) is 6.72. The molecule has 0 saturated carbocycles. The summed E-state index contributed by atoms with van der Waals surface area (Å²) in [5.41, 5.74) is 0.330. The van der Waals surface area contributed by atoms with Gasteiger partial charge in [-0.15, -0.1) is 0 Å². The lowest BCUT2D eigenvalue weighted by Gasteiger charge is -2.32. The van der Waals surface area contributed by atoms with Crippen molar-refractivity contribution in [3.8, 4) is 0 Å². The Labute approximate surface area is 266 Å². The van der Waals surface area contributed by atoms with Gasteiger partial charge in [0.25, 0.3) is 5.91 Å². The van der Waals surface area contributed by atoms with E-state index < -0.39 is 34.5 Å². The Morgan fingerprint density at radius 3 is 2.33 bits per heavy atom. The quantitative estimate of drug-likeness (QED) is 0.185. The first-order valence-corrected chi connectivity index (χ1v) is 15.7. The Kier molecular flexibility index (Phi) is 9.06. The van der Waals surface area contributed by atoms with Gasteiger partial charge in [-0.3, -0.25) is 4.79 Å². The van der Waals surface area contributed by atoms with Crippen LogP contribution in [0.25, 0.3) is 0 Å². The smallest absolute Gasteiger partial charge is 0.365 e. The number of alkyl halides is 3. The predicted molar refractivity (Wildman–Crippen MR) is 169 cm³/mol. The molecule has 0 radical (unpaired) electrons. The lowest BCUT2D eigenvalue weighted by molar-refractivity contribution is -0.141. The first-order chi connectivity index (χ1) is 22.1. The molecule has 4 aromatic rings. The van der Waals surface area contributed by atoms with E-state index >= 15 is 0 Å². The molecule has 0 bridgehead atoms. The average molecular weight is 654 g/mol. The lowest BCUT2D eigenvalue weighted by Crippen LogP contribution is -2.35. The van der Waals surface area contributed by atoms with Crippen molar-refractivity contribution in [1.29, 1.82) is 0 Å². The molecule has 9 nitrogen and oxygen atoms in total. The Bertz CT molecular complexity index is 1680. The fraction of sp³-hybridized carbons (Fsp3) is 0.312. The van der Waals surface area contributed by atoms with Crippen LogP contribution in [-0.4, -0.2) is 59.0 Å². The topological polar surface area (TPSA) is 102 Å². The number of carbonyl (C=O) groups excluding carboxylic acids is 2. The van der Waals surface area contributed by atoms with E-state index in [9.17, 15) is 27.2 Å². The lowest BCUT2D eigenvalue weighted by atomic mass is 9.90. The highest BCUT2D eigenvalue weighted by Gasteiger charge is 2.40. The fourth-order valence-electron chi connectivity index (χ4n) is 5.69. The third kappa shape index (κ3) is 7.22. The molecule has 2 aliphatic rings. The SMILES string of the molecule is O=C(Nc1ccc(N[C@@H]2CCN(C(=O)Nc3ccccc3F)C2)nc1)c1sc(N2CCC(c3ccccc3)CC2)nc1C(F)(F)F. The van der Waals surface area contributed by atoms with Crippen LogP contribution in [0.3, 0.4) is 0 Å². The summed E-state index contributed by atoms with van der Waals surface area (Å²) in [7, 11) is 0.